The Morgan fingerprint density at radius 2 is 1.71 bits per heavy atom. The molecule has 1 atom stereocenters. The molecule has 0 radical (unpaired) electrons. The average molecular weight is 230 g/mol. The summed E-state index contributed by atoms with van der Waals surface area (Å²) in [5.74, 6) is 0.486. The van der Waals surface area contributed by atoms with Crippen molar-refractivity contribution in [1.29, 1.82) is 0 Å². The minimum atomic E-state index is -0.294. The predicted octanol–water partition coefficient (Wildman–Crippen LogP) is 4.35. The van der Waals surface area contributed by atoms with E-state index < -0.39 is 0 Å². The lowest BCUT2D eigenvalue weighted by Crippen LogP contribution is -2.18. The number of carbonyl (C=O) groups is 1. The molecule has 0 aromatic heterocycles. The number of allylic oxidation sites excluding steroid dienone is 2. The van der Waals surface area contributed by atoms with E-state index in [2.05, 4.69) is 19.1 Å². The molecule has 0 aliphatic rings. The topological polar surface area (TPSA) is 17.1 Å². The lowest BCUT2D eigenvalue weighted by Gasteiger charge is -2.17. The second-order valence-electron chi connectivity index (χ2n) is 5.63. The van der Waals surface area contributed by atoms with E-state index in [-0.39, 0.29) is 11.2 Å². The Hall–Kier alpha value is -1.37. The first-order chi connectivity index (χ1) is 7.82. The molecule has 0 bridgehead atoms. The van der Waals surface area contributed by atoms with Gasteiger partial charge in [-0.15, -0.1) is 0 Å². The number of carbonyl (C=O) groups excluding carboxylic acids is 1. The molecule has 1 nitrogen and oxygen atoms in total. The van der Waals surface area contributed by atoms with Gasteiger partial charge in [-0.3, -0.25) is 4.79 Å². The Balaban J connectivity index is 2.88. The van der Waals surface area contributed by atoms with Gasteiger partial charge in [0.2, 0.25) is 0 Å². The van der Waals surface area contributed by atoms with Crippen molar-refractivity contribution in [3.8, 4) is 0 Å². The van der Waals surface area contributed by atoms with E-state index in [1.165, 1.54) is 5.56 Å². The van der Waals surface area contributed by atoms with Gasteiger partial charge in [-0.25, -0.2) is 0 Å². The fraction of sp³-hybridized carbons (Fsp3) is 0.438. The quantitative estimate of drug-likeness (QED) is 0.705. The summed E-state index contributed by atoms with van der Waals surface area (Å²) in [6.07, 6.45) is 1.79. The zero-order valence-electron chi connectivity index (χ0n) is 11.4. The molecule has 0 saturated heterocycles. The highest BCUT2D eigenvalue weighted by molar-refractivity contribution is 5.94. The monoisotopic (exact) mass is 230 g/mol. The number of hydrogen-bond acceptors (Lipinski definition) is 1. The van der Waals surface area contributed by atoms with E-state index in [9.17, 15) is 4.79 Å². The molecule has 0 amide bonds. The molecule has 1 aromatic carbocycles. The molecule has 1 aromatic rings. The van der Waals surface area contributed by atoms with Gasteiger partial charge in [-0.05, 0) is 18.6 Å². The molecular weight excluding hydrogens is 208 g/mol. The highest BCUT2D eigenvalue weighted by Crippen LogP contribution is 2.25. The Labute approximate surface area is 105 Å². The van der Waals surface area contributed by atoms with Crippen molar-refractivity contribution in [1.82, 2.24) is 0 Å². The van der Waals surface area contributed by atoms with Crippen LogP contribution in [0.15, 0.2) is 42.0 Å². The van der Waals surface area contributed by atoms with Crippen molar-refractivity contribution in [2.45, 2.75) is 40.5 Å². The Morgan fingerprint density at radius 1 is 1.18 bits per heavy atom. The summed E-state index contributed by atoms with van der Waals surface area (Å²) in [5, 5.41) is 0. The molecule has 0 fully saturated rings. The number of hydrogen-bond donors (Lipinski definition) is 0. The SMILES string of the molecule is C/C(=C\C(=O)C(C)(C)C)C(C)c1ccccc1. The van der Waals surface area contributed by atoms with E-state index >= 15 is 0 Å². The first-order valence-electron chi connectivity index (χ1n) is 6.10. The van der Waals surface area contributed by atoms with Gasteiger partial charge in [0.25, 0.3) is 0 Å². The molecule has 1 unspecified atom stereocenters. The minimum absolute atomic E-state index is 0.192. The van der Waals surface area contributed by atoms with Gasteiger partial charge in [0.15, 0.2) is 5.78 Å². The van der Waals surface area contributed by atoms with E-state index in [4.69, 9.17) is 0 Å². The molecule has 0 aliphatic heterocycles. The smallest absolute Gasteiger partial charge is 0.160 e. The van der Waals surface area contributed by atoms with Crippen LogP contribution < -0.4 is 0 Å². The van der Waals surface area contributed by atoms with Crippen molar-refractivity contribution in [2.75, 3.05) is 0 Å². The van der Waals surface area contributed by atoms with E-state index in [1.54, 1.807) is 6.08 Å². The summed E-state index contributed by atoms with van der Waals surface area (Å²) in [5.41, 5.74) is 2.08. The summed E-state index contributed by atoms with van der Waals surface area (Å²) in [6.45, 7) is 10.0. The molecule has 1 heteroatoms. The number of ketones is 1. The molecule has 0 N–H and O–H groups in total. The Morgan fingerprint density at radius 3 is 2.18 bits per heavy atom. The first-order valence-corrected chi connectivity index (χ1v) is 6.10. The molecule has 17 heavy (non-hydrogen) atoms. The van der Waals surface area contributed by atoms with E-state index in [0.29, 0.717) is 5.92 Å². The summed E-state index contributed by atoms with van der Waals surface area (Å²) in [4.78, 5) is 11.9. The Kier molecular flexibility index (Phi) is 4.28. The molecule has 1 rings (SSSR count). The van der Waals surface area contributed by atoms with Gasteiger partial charge < -0.3 is 0 Å². The molecule has 0 spiro atoms. The van der Waals surface area contributed by atoms with Crippen molar-refractivity contribution in [3.05, 3.63) is 47.5 Å². The third-order valence-electron chi connectivity index (χ3n) is 3.08. The minimum Gasteiger partial charge on any atom is -0.294 e. The Bertz CT molecular complexity index is 407. The molecule has 0 aliphatic carbocycles. The van der Waals surface area contributed by atoms with Crippen LogP contribution in [0.25, 0.3) is 0 Å². The van der Waals surface area contributed by atoms with E-state index in [1.807, 2.05) is 45.9 Å². The number of rotatable bonds is 3. The van der Waals surface area contributed by atoms with Crippen LogP contribution in [0.5, 0.6) is 0 Å². The van der Waals surface area contributed by atoms with Crippen LogP contribution in [0, 0.1) is 5.41 Å². The van der Waals surface area contributed by atoms with Gasteiger partial charge in [-0.1, -0.05) is 63.6 Å². The maximum atomic E-state index is 11.9. The largest absolute Gasteiger partial charge is 0.294 e. The van der Waals surface area contributed by atoms with Gasteiger partial charge in [0, 0.05) is 11.3 Å². The van der Waals surface area contributed by atoms with Crippen LogP contribution in [-0.2, 0) is 4.79 Å². The maximum Gasteiger partial charge on any atom is 0.160 e. The van der Waals surface area contributed by atoms with Gasteiger partial charge in [0.1, 0.15) is 0 Å². The lowest BCUT2D eigenvalue weighted by molar-refractivity contribution is -0.121. The zero-order valence-corrected chi connectivity index (χ0v) is 11.4. The standard InChI is InChI=1S/C16H22O/c1-12(11-15(17)16(3,4)5)13(2)14-9-7-6-8-10-14/h6-11,13H,1-5H3/b12-11+. The van der Waals surface area contributed by atoms with Crippen LogP contribution in [0.1, 0.15) is 46.1 Å². The molecule has 0 saturated carbocycles. The van der Waals surface area contributed by atoms with Crippen LogP contribution in [-0.4, -0.2) is 5.78 Å². The fourth-order valence-electron chi connectivity index (χ4n) is 1.55. The number of benzene rings is 1. The van der Waals surface area contributed by atoms with Crippen molar-refractivity contribution >= 4 is 5.78 Å². The van der Waals surface area contributed by atoms with Crippen LogP contribution in [0.4, 0.5) is 0 Å². The molecule has 92 valence electrons. The third-order valence-corrected chi connectivity index (χ3v) is 3.08. The first kappa shape index (κ1) is 13.7. The fourth-order valence-corrected chi connectivity index (χ4v) is 1.55. The predicted molar refractivity (Wildman–Crippen MR) is 73.1 cm³/mol. The van der Waals surface area contributed by atoms with Crippen molar-refractivity contribution < 1.29 is 4.79 Å². The summed E-state index contributed by atoms with van der Waals surface area (Å²) >= 11 is 0. The second kappa shape index (κ2) is 5.31. The van der Waals surface area contributed by atoms with Crippen LogP contribution in [0.3, 0.4) is 0 Å². The zero-order chi connectivity index (χ0) is 13.1. The van der Waals surface area contributed by atoms with Crippen molar-refractivity contribution in [2.24, 2.45) is 5.41 Å². The van der Waals surface area contributed by atoms with Gasteiger partial charge >= 0.3 is 0 Å². The lowest BCUT2D eigenvalue weighted by atomic mass is 9.86. The van der Waals surface area contributed by atoms with Crippen LogP contribution in [0.2, 0.25) is 0 Å². The average Bonchev–Trinajstić information content (AvgIpc) is 2.27. The summed E-state index contributed by atoms with van der Waals surface area (Å²) < 4.78 is 0. The molecule has 0 heterocycles. The highest BCUT2D eigenvalue weighted by Gasteiger charge is 2.20. The highest BCUT2D eigenvalue weighted by atomic mass is 16.1. The van der Waals surface area contributed by atoms with Gasteiger partial charge in [0.05, 0.1) is 0 Å². The maximum absolute atomic E-state index is 11.9. The van der Waals surface area contributed by atoms with E-state index in [0.717, 1.165) is 5.57 Å². The summed E-state index contributed by atoms with van der Waals surface area (Å²) in [6, 6.07) is 10.3. The summed E-state index contributed by atoms with van der Waals surface area (Å²) in [7, 11) is 0. The van der Waals surface area contributed by atoms with Crippen molar-refractivity contribution in [3.63, 3.8) is 0 Å². The molecular formula is C16H22O. The normalized spacial score (nSPS) is 14.5. The van der Waals surface area contributed by atoms with Gasteiger partial charge in [-0.2, -0.15) is 0 Å². The second-order valence-corrected chi connectivity index (χ2v) is 5.63. The van der Waals surface area contributed by atoms with Crippen LogP contribution >= 0.6 is 0 Å². The third kappa shape index (κ3) is 3.85.